The number of likely N-dealkylation sites (tertiary alicyclic amines) is 1. The Morgan fingerprint density at radius 3 is 2.22 bits per heavy atom. The number of sulfonamides is 1. The van der Waals surface area contributed by atoms with Gasteiger partial charge in [0, 0.05) is 26.2 Å². The Hall–Kier alpha value is -2.09. The molecule has 27 heavy (non-hydrogen) atoms. The van der Waals surface area contributed by atoms with Gasteiger partial charge in [-0.3, -0.25) is 9.10 Å². The Morgan fingerprint density at radius 2 is 1.59 bits per heavy atom. The standard InChI is InChI=1S/C19H23N3O3S.ClH/c1-21(16-7-3-2-4-8-16)26(24,25)18-10-6-5-9-17(18)19(23)22-13-11-15(20)12-14-22;/h2-10,15H,11-14,20H2,1H3;1H. The number of carbonyl (C=O) groups is 1. The van der Waals surface area contributed by atoms with Crippen molar-refractivity contribution in [2.24, 2.45) is 5.73 Å². The molecular weight excluding hydrogens is 386 g/mol. The Morgan fingerprint density at radius 1 is 1.04 bits per heavy atom. The molecule has 1 aliphatic rings. The first-order valence-electron chi connectivity index (χ1n) is 8.59. The van der Waals surface area contributed by atoms with Gasteiger partial charge in [0.15, 0.2) is 0 Å². The van der Waals surface area contributed by atoms with E-state index in [-0.39, 0.29) is 34.8 Å². The van der Waals surface area contributed by atoms with Gasteiger partial charge < -0.3 is 10.6 Å². The number of para-hydroxylation sites is 1. The van der Waals surface area contributed by atoms with Crippen LogP contribution in [-0.2, 0) is 10.0 Å². The van der Waals surface area contributed by atoms with Crippen molar-refractivity contribution in [2.75, 3.05) is 24.4 Å². The lowest BCUT2D eigenvalue weighted by atomic mass is 10.0. The van der Waals surface area contributed by atoms with Crippen molar-refractivity contribution in [3.63, 3.8) is 0 Å². The van der Waals surface area contributed by atoms with E-state index >= 15 is 0 Å². The maximum Gasteiger partial charge on any atom is 0.264 e. The molecule has 0 spiro atoms. The average molecular weight is 410 g/mol. The van der Waals surface area contributed by atoms with Gasteiger partial charge in [-0.2, -0.15) is 0 Å². The van der Waals surface area contributed by atoms with Crippen LogP contribution in [0.2, 0.25) is 0 Å². The molecular formula is C19H24ClN3O3S. The summed E-state index contributed by atoms with van der Waals surface area (Å²) < 4.78 is 27.5. The van der Waals surface area contributed by atoms with E-state index < -0.39 is 10.0 Å². The Balaban J connectivity index is 0.00000261. The zero-order valence-corrected chi connectivity index (χ0v) is 16.7. The van der Waals surface area contributed by atoms with Crippen LogP contribution in [0.3, 0.4) is 0 Å². The second kappa shape index (κ2) is 8.73. The highest BCUT2D eigenvalue weighted by Crippen LogP contribution is 2.26. The number of halogens is 1. The molecule has 0 aliphatic carbocycles. The molecule has 0 radical (unpaired) electrons. The largest absolute Gasteiger partial charge is 0.338 e. The molecule has 1 saturated heterocycles. The van der Waals surface area contributed by atoms with Gasteiger partial charge in [-0.05, 0) is 37.1 Å². The normalized spacial score (nSPS) is 15.1. The fourth-order valence-electron chi connectivity index (χ4n) is 3.07. The van der Waals surface area contributed by atoms with Crippen LogP contribution in [0.15, 0.2) is 59.5 Å². The number of amides is 1. The number of nitrogens with zero attached hydrogens (tertiary/aromatic N) is 2. The molecule has 3 rings (SSSR count). The first-order chi connectivity index (χ1) is 12.4. The Labute approximate surface area is 166 Å². The molecule has 2 aromatic carbocycles. The summed E-state index contributed by atoms with van der Waals surface area (Å²) in [5.41, 5.74) is 6.64. The van der Waals surface area contributed by atoms with Crippen LogP contribution in [-0.4, -0.2) is 45.4 Å². The molecule has 1 aliphatic heterocycles. The van der Waals surface area contributed by atoms with Crippen LogP contribution in [0.1, 0.15) is 23.2 Å². The average Bonchev–Trinajstić information content (AvgIpc) is 2.68. The van der Waals surface area contributed by atoms with Gasteiger partial charge in [-0.15, -0.1) is 12.4 Å². The third-order valence-electron chi connectivity index (χ3n) is 4.70. The van der Waals surface area contributed by atoms with Crippen LogP contribution in [0.25, 0.3) is 0 Å². The summed E-state index contributed by atoms with van der Waals surface area (Å²) in [6.07, 6.45) is 1.45. The number of anilines is 1. The fraction of sp³-hybridized carbons (Fsp3) is 0.316. The van der Waals surface area contributed by atoms with E-state index in [1.54, 1.807) is 47.4 Å². The summed E-state index contributed by atoms with van der Waals surface area (Å²) in [6, 6.07) is 15.3. The highest BCUT2D eigenvalue weighted by Gasteiger charge is 2.30. The number of hydrogen-bond donors (Lipinski definition) is 1. The number of piperidine rings is 1. The van der Waals surface area contributed by atoms with Crippen molar-refractivity contribution >= 4 is 34.0 Å². The van der Waals surface area contributed by atoms with Crippen LogP contribution in [0.5, 0.6) is 0 Å². The third-order valence-corrected chi connectivity index (χ3v) is 6.55. The molecule has 2 aromatic rings. The van der Waals surface area contributed by atoms with Gasteiger partial charge in [-0.1, -0.05) is 30.3 Å². The summed E-state index contributed by atoms with van der Waals surface area (Å²) in [4.78, 5) is 14.6. The first kappa shape index (κ1) is 21.2. The number of benzene rings is 2. The molecule has 1 amide bonds. The van der Waals surface area contributed by atoms with E-state index in [0.717, 1.165) is 12.8 Å². The molecule has 0 aromatic heterocycles. The molecule has 8 heteroatoms. The summed E-state index contributed by atoms with van der Waals surface area (Å²) in [7, 11) is -2.36. The van der Waals surface area contributed by atoms with E-state index in [2.05, 4.69) is 0 Å². The molecule has 0 bridgehead atoms. The van der Waals surface area contributed by atoms with Crippen molar-refractivity contribution in [3.8, 4) is 0 Å². The molecule has 1 heterocycles. The lowest BCUT2D eigenvalue weighted by molar-refractivity contribution is 0.0711. The second-order valence-corrected chi connectivity index (χ2v) is 8.37. The molecule has 0 saturated carbocycles. The molecule has 0 atom stereocenters. The highest BCUT2D eigenvalue weighted by molar-refractivity contribution is 7.92. The minimum absolute atomic E-state index is 0. The van der Waals surface area contributed by atoms with Gasteiger partial charge in [0.1, 0.15) is 4.90 Å². The van der Waals surface area contributed by atoms with Crippen molar-refractivity contribution in [1.29, 1.82) is 0 Å². The minimum atomic E-state index is -3.86. The van der Waals surface area contributed by atoms with E-state index in [0.29, 0.717) is 18.8 Å². The second-order valence-electron chi connectivity index (χ2n) is 6.43. The van der Waals surface area contributed by atoms with Crippen molar-refractivity contribution in [3.05, 3.63) is 60.2 Å². The quantitative estimate of drug-likeness (QED) is 0.840. The Bertz CT molecular complexity index is 882. The molecule has 0 unspecified atom stereocenters. The molecule has 1 fully saturated rings. The van der Waals surface area contributed by atoms with E-state index in [9.17, 15) is 13.2 Å². The third kappa shape index (κ3) is 4.43. The predicted molar refractivity (Wildman–Crippen MR) is 109 cm³/mol. The van der Waals surface area contributed by atoms with Crippen molar-refractivity contribution < 1.29 is 13.2 Å². The summed E-state index contributed by atoms with van der Waals surface area (Å²) in [5, 5.41) is 0. The van der Waals surface area contributed by atoms with Crippen LogP contribution in [0, 0.1) is 0 Å². The monoisotopic (exact) mass is 409 g/mol. The topological polar surface area (TPSA) is 83.7 Å². The van der Waals surface area contributed by atoms with Gasteiger partial charge in [0.2, 0.25) is 0 Å². The number of carbonyl (C=O) groups excluding carboxylic acids is 1. The first-order valence-corrected chi connectivity index (χ1v) is 10.0. The zero-order chi connectivity index (χ0) is 18.7. The van der Waals surface area contributed by atoms with Crippen molar-refractivity contribution in [2.45, 2.75) is 23.8 Å². The number of rotatable bonds is 4. The zero-order valence-electron chi connectivity index (χ0n) is 15.1. The predicted octanol–water partition coefficient (Wildman–Crippen LogP) is 2.50. The highest BCUT2D eigenvalue weighted by atomic mass is 35.5. The van der Waals surface area contributed by atoms with E-state index in [4.69, 9.17) is 5.73 Å². The molecule has 2 N–H and O–H groups in total. The van der Waals surface area contributed by atoms with Gasteiger partial charge in [0.05, 0.1) is 11.3 Å². The smallest absolute Gasteiger partial charge is 0.264 e. The lowest BCUT2D eigenvalue weighted by Crippen LogP contribution is -2.43. The lowest BCUT2D eigenvalue weighted by Gasteiger charge is -2.31. The van der Waals surface area contributed by atoms with E-state index in [1.165, 1.54) is 17.4 Å². The molecule has 6 nitrogen and oxygen atoms in total. The van der Waals surface area contributed by atoms with Gasteiger partial charge in [-0.25, -0.2) is 8.42 Å². The summed E-state index contributed by atoms with van der Waals surface area (Å²) in [5.74, 6) is -0.266. The molecule has 146 valence electrons. The fourth-order valence-corrected chi connectivity index (χ4v) is 4.44. The maximum absolute atomic E-state index is 13.1. The minimum Gasteiger partial charge on any atom is -0.338 e. The number of hydrogen-bond acceptors (Lipinski definition) is 4. The SMILES string of the molecule is CN(c1ccccc1)S(=O)(=O)c1ccccc1C(=O)N1CCC(N)CC1.Cl. The van der Waals surface area contributed by atoms with Gasteiger partial charge in [0.25, 0.3) is 15.9 Å². The van der Waals surface area contributed by atoms with Crippen LogP contribution in [0.4, 0.5) is 5.69 Å². The summed E-state index contributed by atoms with van der Waals surface area (Å²) >= 11 is 0. The van der Waals surface area contributed by atoms with Crippen LogP contribution >= 0.6 is 12.4 Å². The summed E-state index contributed by atoms with van der Waals surface area (Å²) in [6.45, 7) is 1.09. The Kier molecular flexibility index (Phi) is 6.86. The number of nitrogens with two attached hydrogens (primary N) is 1. The van der Waals surface area contributed by atoms with Crippen LogP contribution < -0.4 is 10.0 Å². The van der Waals surface area contributed by atoms with E-state index in [1.807, 2.05) is 6.07 Å². The van der Waals surface area contributed by atoms with Crippen molar-refractivity contribution in [1.82, 2.24) is 4.90 Å². The van der Waals surface area contributed by atoms with Gasteiger partial charge >= 0.3 is 0 Å². The maximum atomic E-state index is 13.1.